The van der Waals surface area contributed by atoms with E-state index < -0.39 is 17.7 Å². The molecule has 1 amide bonds. The molecular weight excluding hydrogens is 410 g/mol. The van der Waals surface area contributed by atoms with E-state index in [1.165, 1.54) is 6.07 Å². The molecule has 2 rings (SSSR count). The van der Waals surface area contributed by atoms with E-state index in [4.69, 9.17) is 0 Å². The van der Waals surface area contributed by atoms with E-state index in [9.17, 15) is 23.1 Å². The summed E-state index contributed by atoms with van der Waals surface area (Å²) in [6, 6.07) is 16.0. The second-order valence-corrected chi connectivity index (χ2v) is 9.06. The SMILES string of the molecule is CC(C)(O)C(Cc1ccccc1NC(=O)C(F)(F)F)[Se]c1ccccc1. The minimum atomic E-state index is -4.95. The Morgan fingerprint density at radius 3 is 2.23 bits per heavy atom. The molecule has 0 spiro atoms. The molecule has 26 heavy (non-hydrogen) atoms. The fourth-order valence-corrected chi connectivity index (χ4v) is 4.82. The molecule has 0 fully saturated rings. The third-order valence-corrected chi connectivity index (χ3v) is 7.04. The molecule has 0 saturated carbocycles. The van der Waals surface area contributed by atoms with Gasteiger partial charge in [-0.05, 0) is 0 Å². The van der Waals surface area contributed by atoms with Crippen molar-refractivity contribution < 1.29 is 23.1 Å². The van der Waals surface area contributed by atoms with E-state index in [1.54, 1.807) is 32.0 Å². The van der Waals surface area contributed by atoms with Gasteiger partial charge in [0.15, 0.2) is 0 Å². The van der Waals surface area contributed by atoms with Gasteiger partial charge in [-0.15, -0.1) is 0 Å². The van der Waals surface area contributed by atoms with E-state index >= 15 is 0 Å². The van der Waals surface area contributed by atoms with Crippen LogP contribution in [0, 0.1) is 0 Å². The van der Waals surface area contributed by atoms with Gasteiger partial charge in [0.1, 0.15) is 0 Å². The number of alkyl halides is 3. The summed E-state index contributed by atoms with van der Waals surface area (Å²) in [6.45, 7) is 3.39. The van der Waals surface area contributed by atoms with Crippen LogP contribution < -0.4 is 9.78 Å². The summed E-state index contributed by atoms with van der Waals surface area (Å²) in [5, 5.41) is 12.5. The average molecular weight is 430 g/mol. The van der Waals surface area contributed by atoms with Gasteiger partial charge in [-0.3, -0.25) is 0 Å². The molecular formula is C19H20F3NO2Se. The van der Waals surface area contributed by atoms with Crippen molar-refractivity contribution in [2.24, 2.45) is 0 Å². The Hall–Kier alpha value is -1.82. The van der Waals surface area contributed by atoms with Gasteiger partial charge >= 0.3 is 156 Å². The van der Waals surface area contributed by atoms with E-state index in [0.29, 0.717) is 12.0 Å². The van der Waals surface area contributed by atoms with Crippen molar-refractivity contribution in [1.29, 1.82) is 0 Å². The first-order valence-corrected chi connectivity index (χ1v) is 9.82. The van der Waals surface area contributed by atoms with Crippen LogP contribution >= 0.6 is 0 Å². The molecule has 1 atom stereocenters. The van der Waals surface area contributed by atoms with Crippen LogP contribution in [0.2, 0.25) is 4.82 Å². The van der Waals surface area contributed by atoms with Gasteiger partial charge in [0.25, 0.3) is 0 Å². The summed E-state index contributed by atoms with van der Waals surface area (Å²) < 4.78 is 38.8. The van der Waals surface area contributed by atoms with E-state index in [1.807, 2.05) is 35.6 Å². The fraction of sp³-hybridized carbons (Fsp3) is 0.316. The number of hydrogen-bond acceptors (Lipinski definition) is 2. The first-order valence-electron chi connectivity index (χ1n) is 7.97. The Bertz CT molecular complexity index is 742. The minimum absolute atomic E-state index is 0.0966. The zero-order valence-electron chi connectivity index (χ0n) is 14.4. The molecule has 1 unspecified atom stereocenters. The third kappa shape index (κ3) is 5.87. The van der Waals surface area contributed by atoms with Gasteiger partial charge in [-0.1, -0.05) is 0 Å². The molecule has 140 valence electrons. The van der Waals surface area contributed by atoms with Crippen LogP contribution in [0.4, 0.5) is 18.9 Å². The first kappa shape index (κ1) is 20.5. The van der Waals surface area contributed by atoms with Crippen LogP contribution in [0.15, 0.2) is 54.6 Å². The number of rotatable bonds is 6. The van der Waals surface area contributed by atoms with Gasteiger partial charge in [-0.25, -0.2) is 0 Å². The van der Waals surface area contributed by atoms with Crippen LogP contribution in [0.25, 0.3) is 0 Å². The number of amides is 1. The number of aliphatic hydroxyl groups is 1. The molecule has 0 heterocycles. The van der Waals surface area contributed by atoms with Crippen molar-refractivity contribution in [2.75, 3.05) is 5.32 Å². The van der Waals surface area contributed by atoms with Gasteiger partial charge in [0.05, 0.1) is 0 Å². The molecule has 0 aliphatic heterocycles. The Kier molecular flexibility index (Phi) is 6.50. The predicted molar refractivity (Wildman–Crippen MR) is 96.7 cm³/mol. The van der Waals surface area contributed by atoms with Crippen LogP contribution in [0.5, 0.6) is 0 Å². The van der Waals surface area contributed by atoms with E-state index in [0.717, 1.165) is 4.46 Å². The van der Waals surface area contributed by atoms with Gasteiger partial charge in [0.2, 0.25) is 0 Å². The molecule has 7 heteroatoms. The monoisotopic (exact) mass is 431 g/mol. The van der Waals surface area contributed by atoms with Crippen molar-refractivity contribution in [3.63, 3.8) is 0 Å². The second-order valence-electron chi connectivity index (χ2n) is 6.39. The number of carbonyl (C=O) groups is 1. The topological polar surface area (TPSA) is 49.3 Å². The van der Waals surface area contributed by atoms with Gasteiger partial charge in [-0.2, -0.15) is 0 Å². The van der Waals surface area contributed by atoms with Gasteiger partial charge < -0.3 is 0 Å². The molecule has 0 aromatic heterocycles. The van der Waals surface area contributed by atoms with Crippen molar-refractivity contribution in [3.8, 4) is 0 Å². The molecule has 0 aliphatic carbocycles. The Morgan fingerprint density at radius 2 is 1.65 bits per heavy atom. The normalized spacial score (nSPS) is 13.3. The van der Waals surface area contributed by atoms with Crippen molar-refractivity contribution >= 4 is 31.0 Å². The van der Waals surface area contributed by atoms with Gasteiger partial charge in [0, 0.05) is 0 Å². The van der Waals surface area contributed by atoms with Crippen molar-refractivity contribution in [2.45, 2.75) is 36.9 Å². The van der Waals surface area contributed by atoms with Crippen LogP contribution in [0.1, 0.15) is 19.4 Å². The summed E-state index contributed by atoms with van der Waals surface area (Å²) >= 11 is -0.0966. The number of benzene rings is 2. The quantitative estimate of drug-likeness (QED) is 0.691. The van der Waals surface area contributed by atoms with E-state index in [-0.39, 0.29) is 25.5 Å². The standard InChI is InChI=1S/C19H20F3NO2Se/c1-18(2,25)16(26-14-9-4-3-5-10-14)12-13-8-6-7-11-15(13)23-17(24)19(20,21)22/h3-11,16,25H,12H2,1-2H3,(H,23,24). The molecule has 2 aromatic carbocycles. The Labute approximate surface area is 156 Å². The van der Waals surface area contributed by atoms with Crippen LogP contribution in [-0.4, -0.2) is 37.7 Å². The average Bonchev–Trinajstić information content (AvgIpc) is 2.55. The maximum absolute atomic E-state index is 12.6. The number of para-hydroxylation sites is 1. The molecule has 3 nitrogen and oxygen atoms in total. The number of carbonyl (C=O) groups excluding carboxylic acids is 1. The Morgan fingerprint density at radius 1 is 1.08 bits per heavy atom. The summed E-state index contributed by atoms with van der Waals surface area (Å²) in [4.78, 5) is 11.1. The summed E-state index contributed by atoms with van der Waals surface area (Å²) in [7, 11) is 0. The van der Waals surface area contributed by atoms with Crippen LogP contribution in [0.3, 0.4) is 0 Å². The molecule has 0 bridgehead atoms. The Balaban J connectivity index is 2.24. The summed E-state index contributed by atoms with van der Waals surface area (Å²) in [5.74, 6) is -2.00. The van der Waals surface area contributed by atoms with E-state index in [2.05, 4.69) is 0 Å². The summed E-state index contributed by atoms with van der Waals surface area (Å²) in [6.07, 6.45) is -4.59. The molecule has 0 radical (unpaired) electrons. The molecule has 2 aromatic rings. The number of anilines is 1. The fourth-order valence-electron chi connectivity index (χ4n) is 2.31. The summed E-state index contributed by atoms with van der Waals surface area (Å²) in [5.41, 5.74) is -0.334. The molecule has 2 N–H and O–H groups in total. The third-order valence-electron chi connectivity index (χ3n) is 3.74. The zero-order chi connectivity index (χ0) is 19.4. The maximum atomic E-state index is 12.6. The predicted octanol–water partition coefficient (Wildman–Crippen LogP) is 3.32. The number of hydrogen-bond donors (Lipinski definition) is 2. The first-order chi connectivity index (χ1) is 12.1. The zero-order valence-corrected chi connectivity index (χ0v) is 16.1. The van der Waals surface area contributed by atoms with Crippen molar-refractivity contribution in [1.82, 2.24) is 0 Å². The molecule has 0 saturated heterocycles. The number of nitrogens with one attached hydrogen (secondary N) is 1. The number of halogens is 3. The molecule has 0 aliphatic rings. The second kappa shape index (κ2) is 8.25. The van der Waals surface area contributed by atoms with Crippen molar-refractivity contribution in [3.05, 3.63) is 60.2 Å². The van der Waals surface area contributed by atoms with Crippen LogP contribution in [-0.2, 0) is 11.2 Å².